The van der Waals surface area contributed by atoms with Gasteiger partial charge in [-0.15, -0.1) is 11.3 Å². The number of halogens is 1. The van der Waals surface area contributed by atoms with Crippen LogP contribution in [0.4, 0.5) is 9.93 Å². The normalized spacial score (nSPS) is 12.0. The molecule has 2 amide bonds. The molecule has 0 aliphatic heterocycles. The highest BCUT2D eigenvalue weighted by Gasteiger charge is 2.26. The average Bonchev–Trinajstić information content (AvgIpc) is 3.00. The van der Waals surface area contributed by atoms with Crippen molar-refractivity contribution < 1.29 is 13.2 Å². The first-order valence-corrected chi connectivity index (χ1v) is 11.8. The van der Waals surface area contributed by atoms with Crippen molar-refractivity contribution >= 4 is 48.3 Å². The van der Waals surface area contributed by atoms with E-state index in [2.05, 4.69) is 45.4 Å². The van der Waals surface area contributed by atoms with Crippen molar-refractivity contribution in [1.82, 2.24) is 10.3 Å². The van der Waals surface area contributed by atoms with E-state index in [9.17, 15) is 13.2 Å². The van der Waals surface area contributed by atoms with Gasteiger partial charge < -0.3 is 5.32 Å². The van der Waals surface area contributed by atoms with Gasteiger partial charge in [0, 0.05) is 28.1 Å². The lowest BCUT2D eigenvalue weighted by molar-refractivity contribution is 0.252. The summed E-state index contributed by atoms with van der Waals surface area (Å²) in [6, 6.07) is 7.69. The van der Waals surface area contributed by atoms with Crippen LogP contribution in [0.1, 0.15) is 31.5 Å². The van der Waals surface area contributed by atoms with Crippen molar-refractivity contribution in [2.24, 2.45) is 0 Å². The van der Waals surface area contributed by atoms with E-state index in [1.807, 2.05) is 29.6 Å². The lowest BCUT2D eigenvalue weighted by atomic mass is 9.82. The number of aromatic nitrogens is 1. The molecule has 0 unspecified atom stereocenters. The smallest absolute Gasteiger partial charge is 0.321 e. The zero-order valence-corrected chi connectivity index (χ0v) is 18.1. The number of nitrogens with zero attached hydrogens (tertiary/aromatic N) is 1. The Bertz CT molecular complexity index is 862. The number of urea groups is 1. The number of nitrogens with one attached hydrogen (secondary N) is 2. The quantitative estimate of drug-likeness (QED) is 0.616. The van der Waals surface area contributed by atoms with Gasteiger partial charge in [-0.3, -0.25) is 5.32 Å². The minimum Gasteiger partial charge on any atom is -0.338 e. The predicted molar refractivity (Wildman–Crippen MR) is 110 cm³/mol. The summed E-state index contributed by atoms with van der Waals surface area (Å²) in [6.07, 6.45) is 1.56. The topological polar surface area (TPSA) is 88.2 Å². The summed E-state index contributed by atoms with van der Waals surface area (Å²) >= 11 is 4.79. The van der Waals surface area contributed by atoms with E-state index in [1.54, 1.807) is 0 Å². The average molecular weight is 460 g/mol. The monoisotopic (exact) mass is 459 g/mol. The predicted octanol–water partition coefficient (Wildman–Crippen LogP) is 3.79. The number of sulfone groups is 1. The van der Waals surface area contributed by atoms with Crippen LogP contribution in [0.25, 0.3) is 0 Å². The lowest BCUT2D eigenvalue weighted by Crippen LogP contribution is -2.30. The second-order valence-corrected chi connectivity index (χ2v) is 10.6. The van der Waals surface area contributed by atoms with Gasteiger partial charge in [-0.1, -0.05) is 41.9 Å². The molecule has 0 atom stereocenters. The number of thiazole rings is 1. The Morgan fingerprint density at radius 3 is 2.54 bits per heavy atom. The molecule has 0 radical (unpaired) electrons. The molecule has 0 fully saturated rings. The highest BCUT2D eigenvalue weighted by atomic mass is 79.9. The van der Waals surface area contributed by atoms with Crippen LogP contribution in [0.5, 0.6) is 0 Å². The zero-order valence-electron chi connectivity index (χ0n) is 14.9. The summed E-state index contributed by atoms with van der Waals surface area (Å²) in [4.78, 5) is 16.4. The van der Waals surface area contributed by atoms with E-state index >= 15 is 0 Å². The van der Waals surface area contributed by atoms with E-state index in [1.165, 1.54) is 17.6 Å². The first kappa shape index (κ1) is 20.9. The second-order valence-electron chi connectivity index (χ2n) is 6.53. The molecule has 0 spiro atoms. The molecule has 0 aliphatic carbocycles. The van der Waals surface area contributed by atoms with Crippen LogP contribution in [0, 0.1) is 0 Å². The zero-order chi connectivity index (χ0) is 19.4. The molecular formula is C17H22BrN3O3S2. The van der Waals surface area contributed by atoms with E-state index in [-0.39, 0.29) is 17.2 Å². The molecule has 142 valence electrons. The standard InChI is InChI=1S/C17H22BrN3O3S2/c1-17(2,12-5-7-13(18)8-6-12)14-11-25-16(20-14)21-15(22)19-9-4-10-26(3,23)24/h5-8,11H,4,9-10H2,1-3H3,(H2,19,20,21,22). The van der Waals surface area contributed by atoms with E-state index in [0.29, 0.717) is 18.1 Å². The van der Waals surface area contributed by atoms with E-state index in [4.69, 9.17) is 0 Å². The molecule has 0 aliphatic rings. The Morgan fingerprint density at radius 1 is 1.27 bits per heavy atom. The third-order valence-electron chi connectivity index (χ3n) is 3.91. The molecule has 2 aromatic rings. The summed E-state index contributed by atoms with van der Waals surface area (Å²) in [6.45, 7) is 4.46. The van der Waals surface area contributed by atoms with Crippen LogP contribution in [-0.4, -0.2) is 38.0 Å². The van der Waals surface area contributed by atoms with Gasteiger partial charge in [0.05, 0.1) is 11.4 Å². The van der Waals surface area contributed by atoms with Crippen molar-refractivity contribution in [2.45, 2.75) is 25.7 Å². The maximum absolute atomic E-state index is 11.9. The lowest BCUT2D eigenvalue weighted by Gasteiger charge is -2.23. The molecule has 9 heteroatoms. The van der Waals surface area contributed by atoms with Gasteiger partial charge in [0.2, 0.25) is 0 Å². The Kier molecular flexibility index (Phi) is 6.81. The van der Waals surface area contributed by atoms with Gasteiger partial charge >= 0.3 is 6.03 Å². The first-order chi connectivity index (χ1) is 12.1. The second kappa shape index (κ2) is 8.49. The Morgan fingerprint density at radius 2 is 1.92 bits per heavy atom. The van der Waals surface area contributed by atoms with Crippen LogP contribution >= 0.6 is 27.3 Å². The first-order valence-electron chi connectivity index (χ1n) is 8.02. The van der Waals surface area contributed by atoms with Gasteiger partial charge in [0.25, 0.3) is 0 Å². The van der Waals surface area contributed by atoms with Crippen molar-refractivity contribution in [3.63, 3.8) is 0 Å². The minimum absolute atomic E-state index is 0.0516. The number of carbonyl (C=O) groups excluding carboxylic acids is 1. The summed E-state index contributed by atoms with van der Waals surface area (Å²) in [5.41, 5.74) is 1.71. The molecule has 1 aromatic heterocycles. The summed E-state index contributed by atoms with van der Waals surface area (Å²) in [7, 11) is -3.01. The number of benzene rings is 1. The molecule has 0 saturated carbocycles. The summed E-state index contributed by atoms with van der Waals surface area (Å²) in [5, 5.41) is 7.77. The van der Waals surface area contributed by atoms with Crippen LogP contribution < -0.4 is 10.6 Å². The van der Waals surface area contributed by atoms with Gasteiger partial charge in [0.1, 0.15) is 9.84 Å². The van der Waals surface area contributed by atoms with E-state index < -0.39 is 9.84 Å². The van der Waals surface area contributed by atoms with Crippen molar-refractivity contribution in [3.05, 3.63) is 45.4 Å². The molecular weight excluding hydrogens is 438 g/mol. The third-order valence-corrected chi connectivity index (χ3v) is 6.23. The molecule has 26 heavy (non-hydrogen) atoms. The SMILES string of the molecule is CC(C)(c1ccc(Br)cc1)c1csc(NC(=O)NCCCS(C)(=O)=O)n1. The number of anilines is 1. The van der Waals surface area contributed by atoms with Gasteiger partial charge in [0.15, 0.2) is 5.13 Å². The van der Waals surface area contributed by atoms with Gasteiger partial charge in [-0.05, 0) is 24.1 Å². The number of carbonyl (C=O) groups is 1. The largest absolute Gasteiger partial charge is 0.338 e. The maximum Gasteiger partial charge on any atom is 0.321 e. The number of rotatable bonds is 7. The van der Waals surface area contributed by atoms with Gasteiger partial charge in [-0.2, -0.15) is 0 Å². The van der Waals surface area contributed by atoms with Crippen LogP contribution in [0.2, 0.25) is 0 Å². The molecule has 0 bridgehead atoms. The van der Waals surface area contributed by atoms with Crippen molar-refractivity contribution in [2.75, 3.05) is 23.9 Å². The van der Waals surface area contributed by atoms with E-state index in [0.717, 1.165) is 15.7 Å². The molecule has 0 saturated heterocycles. The maximum atomic E-state index is 11.9. The summed E-state index contributed by atoms with van der Waals surface area (Å²) in [5.74, 6) is 0.0516. The minimum atomic E-state index is -3.01. The summed E-state index contributed by atoms with van der Waals surface area (Å²) < 4.78 is 23.1. The van der Waals surface area contributed by atoms with Gasteiger partial charge in [-0.25, -0.2) is 18.2 Å². The van der Waals surface area contributed by atoms with Crippen LogP contribution in [0.3, 0.4) is 0 Å². The van der Waals surface area contributed by atoms with Crippen molar-refractivity contribution in [1.29, 1.82) is 0 Å². The molecule has 2 rings (SSSR count). The number of hydrogen-bond acceptors (Lipinski definition) is 5. The number of hydrogen-bond donors (Lipinski definition) is 2. The molecule has 1 heterocycles. The fourth-order valence-corrected chi connectivity index (χ4v) is 4.12. The Balaban J connectivity index is 1.94. The highest BCUT2D eigenvalue weighted by Crippen LogP contribution is 2.33. The molecule has 1 aromatic carbocycles. The fourth-order valence-electron chi connectivity index (χ4n) is 2.31. The molecule has 6 nitrogen and oxygen atoms in total. The highest BCUT2D eigenvalue weighted by molar-refractivity contribution is 9.10. The fraction of sp³-hybridized carbons (Fsp3) is 0.412. The Labute approximate surface area is 166 Å². The van der Waals surface area contributed by atoms with Crippen LogP contribution in [0.15, 0.2) is 34.1 Å². The van der Waals surface area contributed by atoms with Crippen LogP contribution in [-0.2, 0) is 15.3 Å². The number of amides is 2. The third kappa shape index (κ3) is 6.07. The molecule has 2 N–H and O–H groups in total. The Hall–Kier alpha value is -1.45. The van der Waals surface area contributed by atoms with Crippen molar-refractivity contribution in [3.8, 4) is 0 Å².